The number of amides is 1. The van der Waals surface area contributed by atoms with Gasteiger partial charge < -0.3 is 9.64 Å². The molecule has 0 radical (unpaired) electrons. The SMILES string of the molecule is Cc1cccc(OCC(=O)N2CCC[C@@H](C(F)(F)F)C2)c1[N+](=O)[O-]. The second kappa shape index (κ2) is 7.06. The van der Waals surface area contributed by atoms with E-state index in [4.69, 9.17) is 4.74 Å². The third-order valence-corrected chi connectivity index (χ3v) is 3.97. The molecular weight excluding hydrogens is 329 g/mol. The zero-order valence-corrected chi connectivity index (χ0v) is 13.0. The number of ether oxygens (including phenoxy) is 1. The Labute approximate surface area is 136 Å². The maximum absolute atomic E-state index is 12.8. The molecule has 1 aromatic carbocycles. The van der Waals surface area contributed by atoms with Crippen molar-refractivity contribution in [1.82, 2.24) is 4.90 Å². The monoisotopic (exact) mass is 346 g/mol. The van der Waals surface area contributed by atoms with Crippen LogP contribution in [0.5, 0.6) is 5.75 Å². The Bertz CT molecular complexity index is 634. The molecule has 1 aliphatic rings. The van der Waals surface area contributed by atoms with Crippen molar-refractivity contribution in [1.29, 1.82) is 0 Å². The van der Waals surface area contributed by atoms with Crippen molar-refractivity contribution in [3.8, 4) is 5.75 Å². The van der Waals surface area contributed by atoms with E-state index < -0.39 is 36.1 Å². The van der Waals surface area contributed by atoms with Crippen LogP contribution < -0.4 is 4.74 Å². The van der Waals surface area contributed by atoms with Gasteiger partial charge in [0.05, 0.1) is 10.8 Å². The van der Waals surface area contributed by atoms with Crippen LogP contribution in [0.4, 0.5) is 18.9 Å². The van der Waals surface area contributed by atoms with Crippen LogP contribution in [0.1, 0.15) is 18.4 Å². The number of carbonyl (C=O) groups is 1. The van der Waals surface area contributed by atoms with Crippen LogP contribution >= 0.6 is 0 Å². The highest BCUT2D eigenvalue weighted by molar-refractivity contribution is 5.78. The number of likely N-dealkylation sites (tertiary alicyclic amines) is 1. The molecule has 0 spiro atoms. The normalized spacial score (nSPS) is 18.3. The molecule has 0 N–H and O–H groups in total. The van der Waals surface area contributed by atoms with Crippen LogP contribution in [-0.4, -0.2) is 41.6 Å². The van der Waals surface area contributed by atoms with Gasteiger partial charge in [-0.2, -0.15) is 13.2 Å². The van der Waals surface area contributed by atoms with Gasteiger partial charge in [0.25, 0.3) is 5.91 Å². The summed E-state index contributed by atoms with van der Waals surface area (Å²) in [5, 5.41) is 11.0. The first-order valence-electron chi connectivity index (χ1n) is 7.41. The molecule has 1 heterocycles. The van der Waals surface area contributed by atoms with Gasteiger partial charge in [-0.3, -0.25) is 14.9 Å². The summed E-state index contributed by atoms with van der Waals surface area (Å²) in [6.45, 7) is 0.826. The maximum Gasteiger partial charge on any atom is 0.393 e. The molecule has 0 bridgehead atoms. The highest BCUT2D eigenvalue weighted by Gasteiger charge is 2.42. The first-order chi connectivity index (χ1) is 11.2. The summed E-state index contributed by atoms with van der Waals surface area (Å²) in [5.74, 6) is -2.22. The minimum absolute atomic E-state index is 0.00249. The van der Waals surface area contributed by atoms with Gasteiger partial charge in [-0.1, -0.05) is 12.1 Å². The number of hydrogen-bond acceptors (Lipinski definition) is 4. The summed E-state index contributed by atoms with van der Waals surface area (Å²) in [4.78, 5) is 23.6. The van der Waals surface area contributed by atoms with Crippen molar-refractivity contribution >= 4 is 11.6 Å². The van der Waals surface area contributed by atoms with Crippen LogP contribution in [0.3, 0.4) is 0 Å². The average molecular weight is 346 g/mol. The zero-order valence-electron chi connectivity index (χ0n) is 13.0. The van der Waals surface area contributed by atoms with Gasteiger partial charge in [0.2, 0.25) is 0 Å². The molecule has 1 saturated heterocycles. The van der Waals surface area contributed by atoms with E-state index in [0.717, 1.165) is 4.90 Å². The Morgan fingerprint density at radius 1 is 1.46 bits per heavy atom. The number of hydrogen-bond donors (Lipinski definition) is 0. The molecule has 0 saturated carbocycles. The molecule has 0 aliphatic carbocycles. The molecule has 1 fully saturated rings. The first kappa shape index (κ1) is 18.0. The van der Waals surface area contributed by atoms with Crippen LogP contribution in [-0.2, 0) is 4.79 Å². The number of rotatable bonds is 4. The lowest BCUT2D eigenvalue weighted by molar-refractivity contribution is -0.386. The largest absolute Gasteiger partial charge is 0.477 e. The minimum atomic E-state index is -4.34. The number of benzene rings is 1. The van der Waals surface area contributed by atoms with Crippen molar-refractivity contribution < 1.29 is 27.6 Å². The Hall–Kier alpha value is -2.32. The van der Waals surface area contributed by atoms with Crippen molar-refractivity contribution in [3.63, 3.8) is 0 Å². The fourth-order valence-electron chi connectivity index (χ4n) is 2.68. The van der Waals surface area contributed by atoms with Gasteiger partial charge in [0.15, 0.2) is 12.4 Å². The molecule has 1 amide bonds. The maximum atomic E-state index is 12.8. The van der Waals surface area contributed by atoms with Crippen LogP contribution in [0.2, 0.25) is 0 Å². The van der Waals surface area contributed by atoms with Crippen LogP contribution in [0, 0.1) is 23.0 Å². The molecule has 132 valence electrons. The van der Waals surface area contributed by atoms with Gasteiger partial charge in [-0.25, -0.2) is 0 Å². The molecule has 0 aromatic heterocycles. The van der Waals surface area contributed by atoms with E-state index in [0.29, 0.717) is 5.56 Å². The molecule has 6 nitrogen and oxygen atoms in total. The number of nitro benzene ring substituents is 1. The summed E-state index contributed by atoms with van der Waals surface area (Å²) in [5.41, 5.74) is 0.122. The van der Waals surface area contributed by atoms with E-state index in [1.165, 1.54) is 19.1 Å². The summed E-state index contributed by atoms with van der Waals surface area (Å²) in [7, 11) is 0. The Balaban J connectivity index is 2.01. The molecule has 1 atom stereocenters. The predicted molar refractivity (Wildman–Crippen MR) is 78.7 cm³/mol. The van der Waals surface area contributed by atoms with Crippen molar-refractivity contribution in [2.24, 2.45) is 5.92 Å². The van der Waals surface area contributed by atoms with E-state index in [1.807, 2.05) is 0 Å². The predicted octanol–water partition coefficient (Wildman–Crippen LogP) is 3.08. The van der Waals surface area contributed by atoms with E-state index in [2.05, 4.69) is 0 Å². The highest BCUT2D eigenvalue weighted by Crippen LogP contribution is 2.33. The lowest BCUT2D eigenvalue weighted by Gasteiger charge is -2.33. The van der Waals surface area contributed by atoms with Gasteiger partial charge in [0, 0.05) is 18.7 Å². The standard InChI is InChI=1S/C15H17F3N2O4/c1-10-4-2-6-12(14(10)20(22)23)24-9-13(21)19-7-3-5-11(8-19)15(16,17)18/h2,4,6,11H,3,5,7-9H2,1H3/t11-/m1/s1. The number of halogens is 3. The second-order valence-electron chi connectivity index (χ2n) is 5.69. The molecule has 2 rings (SSSR count). The Morgan fingerprint density at radius 2 is 2.17 bits per heavy atom. The van der Waals surface area contributed by atoms with Crippen molar-refractivity contribution in [2.45, 2.75) is 25.9 Å². The number of piperidine rings is 1. The smallest absolute Gasteiger partial charge is 0.393 e. The molecule has 9 heteroatoms. The molecular formula is C15H17F3N2O4. The lowest BCUT2D eigenvalue weighted by atomic mass is 9.97. The van der Waals surface area contributed by atoms with Gasteiger partial charge >= 0.3 is 11.9 Å². The highest BCUT2D eigenvalue weighted by atomic mass is 19.4. The summed E-state index contributed by atoms with van der Waals surface area (Å²) >= 11 is 0. The summed E-state index contributed by atoms with van der Waals surface area (Å²) in [6, 6.07) is 4.43. The number of nitro groups is 1. The van der Waals surface area contributed by atoms with Crippen molar-refractivity contribution in [2.75, 3.05) is 19.7 Å². The molecule has 24 heavy (non-hydrogen) atoms. The van der Waals surface area contributed by atoms with E-state index in [-0.39, 0.29) is 30.8 Å². The van der Waals surface area contributed by atoms with Crippen LogP contribution in [0.15, 0.2) is 18.2 Å². The second-order valence-corrected chi connectivity index (χ2v) is 5.69. The lowest BCUT2D eigenvalue weighted by Crippen LogP contribution is -2.46. The van der Waals surface area contributed by atoms with E-state index in [1.54, 1.807) is 6.07 Å². The Morgan fingerprint density at radius 3 is 2.79 bits per heavy atom. The average Bonchev–Trinajstić information content (AvgIpc) is 2.51. The summed E-state index contributed by atoms with van der Waals surface area (Å²) in [6.07, 6.45) is -4.08. The minimum Gasteiger partial charge on any atom is -0.477 e. The summed E-state index contributed by atoms with van der Waals surface area (Å²) < 4.78 is 43.5. The van der Waals surface area contributed by atoms with Gasteiger partial charge in [0.1, 0.15) is 0 Å². The fraction of sp³-hybridized carbons (Fsp3) is 0.533. The number of alkyl halides is 3. The molecule has 1 aromatic rings. The van der Waals surface area contributed by atoms with Crippen molar-refractivity contribution in [3.05, 3.63) is 33.9 Å². The third kappa shape index (κ3) is 4.15. The van der Waals surface area contributed by atoms with Crippen LogP contribution in [0.25, 0.3) is 0 Å². The van der Waals surface area contributed by atoms with E-state index >= 15 is 0 Å². The molecule has 0 unspecified atom stereocenters. The Kier molecular flexibility index (Phi) is 5.30. The fourth-order valence-corrected chi connectivity index (χ4v) is 2.68. The molecule has 1 aliphatic heterocycles. The van der Waals surface area contributed by atoms with Gasteiger partial charge in [-0.15, -0.1) is 0 Å². The quantitative estimate of drug-likeness (QED) is 0.620. The topological polar surface area (TPSA) is 72.7 Å². The number of carbonyl (C=O) groups excluding carboxylic acids is 1. The van der Waals surface area contributed by atoms with E-state index in [9.17, 15) is 28.1 Å². The van der Waals surface area contributed by atoms with Gasteiger partial charge in [-0.05, 0) is 25.8 Å². The zero-order chi connectivity index (χ0) is 17.9. The number of aryl methyl sites for hydroxylation is 1. The third-order valence-electron chi connectivity index (χ3n) is 3.97. The number of para-hydroxylation sites is 1. The first-order valence-corrected chi connectivity index (χ1v) is 7.41. The number of nitrogens with zero attached hydrogens (tertiary/aromatic N) is 2.